The van der Waals surface area contributed by atoms with E-state index in [1.807, 2.05) is 31.2 Å². The number of aldehydes is 1. The first-order chi connectivity index (χ1) is 18.3. The molecule has 5 heteroatoms. The lowest BCUT2D eigenvalue weighted by Gasteiger charge is -2.37. The average molecular weight is 523 g/mol. The fraction of sp³-hybridized carbons (Fsp3) is 0.576. The van der Waals surface area contributed by atoms with Gasteiger partial charge < -0.3 is 14.4 Å². The number of benzene rings is 2. The van der Waals surface area contributed by atoms with E-state index in [1.54, 1.807) is 0 Å². The fourth-order valence-corrected chi connectivity index (χ4v) is 4.79. The van der Waals surface area contributed by atoms with Gasteiger partial charge in [0.2, 0.25) is 0 Å². The Labute approximate surface area is 231 Å². The summed E-state index contributed by atoms with van der Waals surface area (Å²) in [7, 11) is 2.08. The summed E-state index contributed by atoms with van der Waals surface area (Å²) in [6, 6.07) is 16.7. The molecule has 0 amide bonds. The zero-order valence-corrected chi connectivity index (χ0v) is 24.7. The van der Waals surface area contributed by atoms with Crippen LogP contribution in [0.15, 0.2) is 48.5 Å². The summed E-state index contributed by atoms with van der Waals surface area (Å²) in [6.07, 6.45) is 6.64. The minimum Gasteiger partial charge on any atom is -0.378 e. The van der Waals surface area contributed by atoms with E-state index in [0.717, 1.165) is 76.8 Å². The number of nitrogens with zero attached hydrogens (tertiary/aromatic N) is 2. The highest BCUT2D eigenvalue weighted by Crippen LogP contribution is 2.24. The van der Waals surface area contributed by atoms with E-state index in [0.29, 0.717) is 12.3 Å². The number of ether oxygens (including phenoxy) is 1. The molecule has 5 nitrogen and oxygen atoms in total. The number of Topliss-reactive ketones (excluding diaryl/α,β-unsaturated/α-hetero) is 1. The molecule has 2 aromatic carbocycles. The minimum atomic E-state index is -0.367. The highest BCUT2D eigenvalue weighted by molar-refractivity contribution is 5.96. The maximum absolute atomic E-state index is 11.8. The first-order valence-corrected chi connectivity index (χ1v) is 14.5. The van der Waals surface area contributed by atoms with Crippen molar-refractivity contribution in [3.05, 3.63) is 65.2 Å². The summed E-state index contributed by atoms with van der Waals surface area (Å²) < 4.78 is 5.32. The molecule has 0 aliphatic carbocycles. The van der Waals surface area contributed by atoms with Crippen molar-refractivity contribution < 1.29 is 14.3 Å². The number of ketones is 1. The highest BCUT2D eigenvalue weighted by Gasteiger charge is 2.32. The first kappa shape index (κ1) is 31.7. The summed E-state index contributed by atoms with van der Waals surface area (Å²) in [5.41, 5.74) is 4.24. The maximum atomic E-state index is 11.8. The van der Waals surface area contributed by atoms with Gasteiger partial charge in [-0.15, -0.1) is 0 Å². The number of rotatable bonds is 13. The lowest BCUT2D eigenvalue weighted by atomic mass is 9.87. The van der Waals surface area contributed by atoms with Crippen LogP contribution < -0.4 is 4.90 Å². The van der Waals surface area contributed by atoms with Crippen LogP contribution in [-0.2, 0) is 16.0 Å². The predicted octanol–water partition coefficient (Wildman–Crippen LogP) is 6.94. The Bertz CT molecular complexity index is 949. The Hall–Kier alpha value is -2.50. The third-order valence-electron chi connectivity index (χ3n) is 7.64. The third-order valence-corrected chi connectivity index (χ3v) is 7.64. The molecule has 1 heterocycles. The van der Waals surface area contributed by atoms with Crippen molar-refractivity contribution >= 4 is 17.8 Å². The summed E-state index contributed by atoms with van der Waals surface area (Å²) >= 11 is 0. The van der Waals surface area contributed by atoms with Crippen LogP contribution in [-0.4, -0.2) is 62.4 Å². The number of morpholine rings is 1. The largest absolute Gasteiger partial charge is 0.378 e. The van der Waals surface area contributed by atoms with E-state index in [-0.39, 0.29) is 11.3 Å². The molecule has 38 heavy (non-hydrogen) atoms. The molecule has 2 aromatic rings. The molecule has 1 atom stereocenters. The highest BCUT2D eigenvalue weighted by atomic mass is 16.5. The van der Waals surface area contributed by atoms with E-state index in [2.05, 4.69) is 68.8 Å². The third kappa shape index (κ3) is 9.36. The van der Waals surface area contributed by atoms with Crippen molar-refractivity contribution in [1.29, 1.82) is 0 Å². The Kier molecular flexibility index (Phi) is 13.7. The molecule has 0 radical (unpaired) electrons. The van der Waals surface area contributed by atoms with Crippen LogP contribution in [0.5, 0.6) is 0 Å². The van der Waals surface area contributed by atoms with Gasteiger partial charge in [-0.1, -0.05) is 65.3 Å². The van der Waals surface area contributed by atoms with Crippen LogP contribution in [0.2, 0.25) is 0 Å². The topological polar surface area (TPSA) is 49.9 Å². The van der Waals surface area contributed by atoms with Crippen molar-refractivity contribution in [2.24, 2.45) is 0 Å². The maximum Gasteiger partial charge on any atom is 0.162 e. The molecule has 0 N–H and O–H groups in total. The zero-order valence-electron chi connectivity index (χ0n) is 24.7. The van der Waals surface area contributed by atoms with Crippen LogP contribution in [0.25, 0.3) is 0 Å². The van der Waals surface area contributed by atoms with Crippen molar-refractivity contribution in [2.75, 3.05) is 44.8 Å². The van der Waals surface area contributed by atoms with Crippen molar-refractivity contribution in [3.8, 4) is 0 Å². The molecule has 1 aliphatic heterocycles. The summed E-state index contributed by atoms with van der Waals surface area (Å²) in [5, 5.41) is 0. The SMILES string of the molecule is CCCC(=O)c1ccc(N2CCOCC2)cc1.CCCCN(C)C(C=O)(CC)Cc1ccc(C(C)C)cc1. The van der Waals surface area contributed by atoms with Crippen molar-refractivity contribution in [2.45, 2.75) is 84.6 Å². The smallest absolute Gasteiger partial charge is 0.162 e. The number of carbonyl (C=O) groups is 2. The summed E-state index contributed by atoms with van der Waals surface area (Å²) in [4.78, 5) is 28.0. The molecule has 0 saturated carbocycles. The van der Waals surface area contributed by atoms with Crippen LogP contribution in [0.4, 0.5) is 5.69 Å². The van der Waals surface area contributed by atoms with Gasteiger partial charge in [-0.25, -0.2) is 0 Å². The number of hydrogen-bond donors (Lipinski definition) is 0. The van der Waals surface area contributed by atoms with E-state index in [9.17, 15) is 9.59 Å². The molecule has 210 valence electrons. The summed E-state index contributed by atoms with van der Waals surface area (Å²) in [6.45, 7) is 15.2. The van der Waals surface area contributed by atoms with E-state index < -0.39 is 0 Å². The second kappa shape index (κ2) is 16.5. The number of likely N-dealkylation sites (N-methyl/N-ethyl adjacent to an activating group) is 1. The molecule has 3 rings (SSSR count). The standard InChI is InChI=1S/C19H31NO.C14H19NO2/c1-6-8-13-20(5)19(7-2,15-21)14-17-9-11-18(12-10-17)16(3)4;1-2-3-14(16)12-4-6-13(7-5-12)15-8-10-17-11-9-15/h9-12,15-16H,6-8,13-14H2,1-5H3;4-7H,2-3,8-11H2,1H3. The number of hydrogen-bond acceptors (Lipinski definition) is 5. The van der Waals surface area contributed by atoms with Gasteiger partial charge in [0.05, 0.1) is 18.8 Å². The Morgan fingerprint density at radius 1 is 1.00 bits per heavy atom. The Morgan fingerprint density at radius 2 is 1.63 bits per heavy atom. The lowest BCUT2D eigenvalue weighted by Crippen LogP contribution is -2.49. The van der Waals surface area contributed by atoms with Crippen molar-refractivity contribution in [3.63, 3.8) is 0 Å². The first-order valence-electron chi connectivity index (χ1n) is 14.5. The molecular formula is C33H50N2O3. The average Bonchev–Trinajstić information content (AvgIpc) is 2.96. The van der Waals surface area contributed by atoms with Gasteiger partial charge in [-0.05, 0) is 80.6 Å². The molecule has 1 saturated heterocycles. The fourth-order valence-electron chi connectivity index (χ4n) is 4.79. The second-order valence-corrected chi connectivity index (χ2v) is 10.7. The van der Waals surface area contributed by atoms with E-state index >= 15 is 0 Å². The number of carbonyl (C=O) groups excluding carboxylic acids is 2. The van der Waals surface area contributed by atoms with Crippen molar-refractivity contribution in [1.82, 2.24) is 4.90 Å². The second-order valence-electron chi connectivity index (χ2n) is 10.7. The molecule has 0 spiro atoms. The summed E-state index contributed by atoms with van der Waals surface area (Å²) in [5.74, 6) is 0.786. The van der Waals surface area contributed by atoms with Crippen LogP contribution in [0.1, 0.15) is 94.1 Å². The van der Waals surface area contributed by atoms with E-state index in [4.69, 9.17) is 4.74 Å². The number of unbranched alkanes of at least 4 members (excludes halogenated alkanes) is 1. The van der Waals surface area contributed by atoms with Gasteiger partial charge >= 0.3 is 0 Å². The van der Waals surface area contributed by atoms with Gasteiger partial charge in [0.1, 0.15) is 6.29 Å². The van der Waals surface area contributed by atoms with Gasteiger partial charge in [0.25, 0.3) is 0 Å². The monoisotopic (exact) mass is 522 g/mol. The molecular weight excluding hydrogens is 472 g/mol. The minimum absolute atomic E-state index is 0.237. The Balaban J connectivity index is 0.000000272. The quantitative estimate of drug-likeness (QED) is 0.211. The van der Waals surface area contributed by atoms with Crippen LogP contribution in [0.3, 0.4) is 0 Å². The van der Waals surface area contributed by atoms with Gasteiger partial charge in [0, 0.05) is 30.8 Å². The van der Waals surface area contributed by atoms with Gasteiger partial charge in [0.15, 0.2) is 5.78 Å². The Morgan fingerprint density at radius 3 is 2.13 bits per heavy atom. The zero-order chi connectivity index (χ0) is 28.0. The predicted molar refractivity (Wildman–Crippen MR) is 160 cm³/mol. The molecule has 0 bridgehead atoms. The van der Waals surface area contributed by atoms with Crippen LogP contribution in [0, 0.1) is 0 Å². The normalized spacial score (nSPS) is 15.1. The molecule has 1 aliphatic rings. The molecule has 1 fully saturated rings. The lowest BCUT2D eigenvalue weighted by molar-refractivity contribution is -0.118. The van der Waals surface area contributed by atoms with Gasteiger partial charge in [-0.3, -0.25) is 9.69 Å². The van der Waals surface area contributed by atoms with E-state index in [1.165, 1.54) is 16.8 Å². The molecule has 0 aromatic heterocycles. The molecule has 1 unspecified atom stereocenters. The number of anilines is 1. The van der Waals surface area contributed by atoms with Gasteiger partial charge in [-0.2, -0.15) is 0 Å². The van der Waals surface area contributed by atoms with Crippen LogP contribution >= 0.6 is 0 Å².